The normalized spacial score (nSPS) is 11.6. The van der Waals surface area contributed by atoms with Crippen molar-refractivity contribution in [2.75, 3.05) is 25.9 Å². The van der Waals surface area contributed by atoms with Crippen molar-refractivity contribution in [1.82, 2.24) is 9.62 Å². The SMILES string of the molecule is CCCNC(=O)CCN(CCc1ccc(Cl)cc1)S(C)(=O)=O. The van der Waals surface area contributed by atoms with Gasteiger partial charge in [-0.25, -0.2) is 12.7 Å². The number of hydrogen-bond donors (Lipinski definition) is 1. The van der Waals surface area contributed by atoms with Gasteiger partial charge in [0.15, 0.2) is 0 Å². The molecule has 0 aliphatic rings. The molecule has 0 saturated heterocycles. The number of amides is 1. The van der Waals surface area contributed by atoms with Gasteiger partial charge in [-0.05, 0) is 30.5 Å². The van der Waals surface area contributed by atoms with Crippen molar-refractivity contribution in [3.63, 3.8) is 0 Å². The van der Waals surface area contributed by atoms with Crippen LogP contribution in [0.5, 0.6) is 0 Å². The van der Waals surface area contributed by atoms with Gasteiger partial charge in [-0.15, -0.1) is 0 Å². The molecule has 0 bridgehead atoms. The lowest BCUT2D eigenvalue weighted by molar-refractivity contribution is -0.121. The quantitative estimate of drug-likeness (QED) is 0.744. The maximum Gasteiger partial charge on any atom is 0.221 e. The number of carbonyl (C=O) groups is 1. The van der Waals surface area contributed by atoms with Crippen LogP contribution in [0.2, 0.25) is 5.02 Å². The second-order valence-corrected chi connectivity index (χ2v) is 7.56. The van der Waals surface area contributed by atoms with Gasteiger partial charge in [0.1, 0.15) is 0 Å². The van der Waals surface area contributed by atoms with Gasteiger partial charge in [0.05, 0.1) is 6.26 Å². The molecule has 0 unspecified atom stereocenters. The highest BCUT2D eigenvalue weighted by molar-refractivity contribution is 7.88. The summed E-state index contributed by atoms with van der Waals surface area (Å²) in [6.45, 7) is 3.13. The number of carbonyl (C=O) groups excluding carboxylic acids is 1. The molecule has 0 radical (unpaired) electrons. The maximum absolute atomic E-state index is 11.8. The zero-order valence-electron chi connectivity index (χ0n) is 13.0. The summed E-state index contributed by atoms with van der Waals surface area (Å²) < 4.78 is 25.0. The summed E-state index contributed by atoms with van der Waals surface area (Å²) in [4.78, 5) is 11.6. The van der Waals surface area contributed by atoms with Gasteiger partial charge >= 0.3 is 0 Å². The van der Waals surface area contributed by atoms with Crippen LogP contribution in [-0.2, 0) is 21.2 Å². The van der Waals surface area contributed by atoms with E-state index in [2.05, 4.69) is 5.32 Å². The number of sulfonamides is 1. The highest BCUT2D eigenvalue weighted by atomic mass is 35.5. The smallest absolute Gasteiger partial charge is 0.221 e. The van der Waals surface area contributed by atoms with Crippen LogP contribution in [0.15, 0.2) is 24.3 Å². The van der Waals surface area contributed by atoms with Crippen molar-refractivity contribution in [2.45, 2.75) is 26.2 Å². The Morgan fingerprint density at radius 3 is 2.41 bits per heavy atom. The van der Waals surface area contributed by atoms with Gasteiger partial charge in [0.2, 0.25) is 15.9 Å². The largest absolute Gasteiger partial charge is 0.356 e. The summed E-state index contributed by atoms with van der Waals surface area (Å²) in [5.74, 6) is -0.123. The molecule has 0 aliphatic carbocycles. The van der Waals surface area contributed by atoms with Crippen LogP contribution < -0.4 is 5.32 Å². The highest BCUT2D eigenvalue weighted by Gasteiger charge is 2.17. The van der Waals surface area contributed by atoms with Crippen LogP contribution in [0.4, 0.5) is 0 Å². The fourth-order valence-corrected chi connectivity index (χ4v) is 2.90. The molecular weight excluding hydrogens is 324 g/mol. The third kappa shape index (κ3) is 7.24. The lowest BCUT2D eigenvalue weighted by Gasteiger charge is -2.19. The van der Waals surface area contributed by atoms with Gasteiger partial charge in [-0.3, -0.25) is 4.79 Å². The van der Waals surface area contributed by atoms with E-state index in [4.69, 9.17) is 11.6 Å². The van der Waals surface area contributed by atoms with Crippen LogP contribution in [0.25, 0.3) is 0 Å². The minimum atomic E-state index is -3.33. The van der Waals surface area contributed by atoms with E-state index in [9.17, 15) is 13.2 Å². The molecule has 1 amide bonds. The van der Waals surface area contributed by atoms with E-state index in [-0.39, 0.29) is 18.9 Å². The Kier molecular flexibility index (Phi) is 7.85. The van der Waals surface area contributed by atoms with Crippen molar-refractivity contribution in [3.05, 3.63) is 34.9 Å². The lowest BCUT2D eigenvalue weighted by Crippen LogP contribution is -2.36. The first-order valence-corrected chi connectivity index (χ1v) is 9.52. The molecule has 124 valence electrons. The van der Waals surface area contributed by atoms with Crippen LogP contribution in [-0.4, -0.2) is 44.5 Å². The van der Waals surface area contributed by atoms with E-state index in [1.54, 1.807) is 12.1 Å². The second kappa shape index (κ2) is 9.12. The molecule has 0 aliphatic heterocycles. The lowest BCUT2D eigenvalue weighted by atomic mass is 10.1. The van der Waals surface area contributed by atoms with E-state index in [0.717, 1.165) is 12.0 Å². The van der Waals surface area contributed by atoms with Crippen LogP contribution in [0.1, 0.15) is 25.3 Å². The van der Waals surface area contributed by atoms with Crippen LogP contribution in [0, 0.1) is 0 Å². The monoisotopic (exact) mass is 346 g/mol. The van der Waals surface area contributed by atoms with Crippen LogP contribution in [0.3, 0.4) is 0 Å². The molecule has 1 rings (SSSR count). The number of nitrogens with zero attached hydrogens (tertiary/aromatic N) is 1. The first kappa shape index (κ1) is 18.9. The van der Waals surface area contributed by atoms with Gasteiger partial charge in [-0.1, -0.05) is 30.7 Å². The average Bonchev–Trinajstić information content (AvgIpc) is 2.45. The predicted molar refractivity (Wildman–Crippen MR) is 89.5 cm³/mol. The van der Waals surface area contributed by atoms with Crippen LogP contribution >= 0.6 is 11.6 Å². The molecular formula is C15H23ClN2O3S. The number of benzene rings is 1. The summed E-state index contributed by atoms with van der Waals surface area (Å²) >= 11 is 5.82. The van der Waals surface area contributed by atoms with Gasteiger partial charge < -0.3 is 5.32 Å². The topological polar surface area (TPSA) is 66.5 Å². The highest BCUT2D eigenvalue weighted by Crippen LogP contribution is 2.11. The summed E-state index contributed by atoms with van der Waals surface area (Å²) in [5, 5.41) is 3.39. The first-order valence-electron chi connectivity index (χ1n) is 7.29. The Morgan fingerprint density at radius 2 is 1.86 bits per heavy atom. The Labute approximate surface area is 137 Å². The molecule has 0 aromatic heterocycles. The number of nitrogens with one attached hydrogen (secondary N) is 1. The number of halogens is 1. The molecule has 0 spiro atoms. The molecule has 0 fully saturated rings. The fraction of sp³-hybridized carbons (Fsp3) is 0.533. The third-order valence-corrected chi connectivity index (χ3v) is 4.75. The van der Waals surface area contributed by atoms with Crippen molar-refractivity contribution in [1.29, 1.82) is 0 Å². The fourth-order valence-electron chi connectivity index (χ4n) is 1.93. The summed E-state index contributed by atoms with van der Waals surface area (Å²) in [6, 6.07) is 7.30. The average molecular weight is 347 g/mol. The molecule has 7 heteroatoms. The number of hydrogen-bond acceptors (Lipinski definition) is 3. The summed E-state index contributed by atoms with van der Waals surface area (Å²) in [7, 11) is -3.33. The molecule has 22 heavy (non-hydrogen) atoms. The van der Waals surface area contributed by atoms with Crippen molar-refractivity contribution >= 4 is 27.5 Å². The van der Waals surface area contributed by atoms with Gasteiger partial charge in [0.25, 0.3) is 0 Å². The Bertz CT molecular complexity index is 573. The molecule has 0 atom stereocenters. The maximum atomic E-state index is 11.8. The predicted octanol–water partition coefficient (Wildman–Crippen LogP) is 2.06. The van der Waals surface area contributed by atoms with E-state index in [1.807, 2.05) is 19.1 Å². The van der Waals surface area contributed by atoms with Gasteiger partial charge in [-0.2, -0.15) is 0 Å². The van der Waals surface area contributed by atoms with E-state index < -0.39 is 10.0 Å². The minimum Gasteiger partial charge on any atom is -0.356 e. The second-order valence-electron chi connectivity index (χ2n) is 5.14. The Balaban J connectivity index is 2.54. The zero-order chi connectivity index (χ0) is 16.6. The molecule has 5 nitrogen and oxygen atoms in total. The summed E-state index contributed by atoms with van der Waals surface area (Å²) in [6.07, 6.45) is 2.78. The first-order chi connectivity index (χ1) is 10.3. The molecule has 0 heterocycles. The summed E-state index contributed by atoms with van der Waals surface area (Å²) in [5.41, 5.74) is 1.01. The van der Waals surface area contributed by atoms with E-state index >= 15 is 0 Å². The van der Waals surface area contributed by atoms with Crippen molar-refractivity contribution in [3.8, 4) is 0 Å². The van der Waals surface area contributed by atoms with Crippen molar-refractivity contribution < 1.29 is 13.2 Å². The number of rotatable bonds is 9. The molecule has 0 saturated carbocycles. The minimum absolute atomic E-state index is 0.123. The van der Waals surface area contributed by atoms with Crippen molar-refractivity contribution in [2.24, 2.45) is 0 Å². The van der Waals surface area contributed by atoms with Gasteiger partial charge in [0, 0.05) is 31.1 Å². The third-order valence-electron chi connectivity index (χ3n) is 3.19. The molecule has 1 N–H and O–H groups in total. The molecule has 1 aromatic carbocycles. The Hall–Kier alpha value is -1.11. The van der Waals surface area contributed by atoms with E-state index in [1.165, 1.54) is 10.6 Å². The Morgan fingerprint density at radius 1 is 1.23 bits per heavy atom. The van der Waals surface area contributed by atoms with E-state index in [0.29, 0.717) is 24.5 Å². The zero-order valence-corrected chi connectivity index (χ0v) is 14.6. The standard InChI is InChI=1S/C15H23ClN2O3S/c1-3-10-17-15(19)9-12-18(22(2,20)21)11-8-13-4-6-14(16)7-5-13/h4-7H,3,8-12H2,1-2H3,(H,17,19). The molecule has 1 aromatic rings.